The first kappa shape index (κ1) is 19.3. The van der Waals surface area contributed by atoms with Gasteiger partial charge in [0.2, 0.25) is 0 Å². The maximum Gasteiger partial charge on any atom is 0.274 e. The summed E-state index contributed by atoms with van der Waals surface area (Å²) in [6, 6.07) is 20.4. The highest BCUT2D eigenvalue weighted by molar-refractivity contribution is 6.03. The van der Waals surface area contributed by atoms with Crippen molar-refractivity contribution in [2.24, 2.45) is 0 Å². The van der Waals surface area contributed by atoms with Crippen molar-refractivity contribution in [1.82, 2.24) is 10.3 Å². The van der Waals surface area contributed by atoms with Gasteiger partial charge in [0.05, 0.1) is 0 Å². The summed E-state index contributed by atoms with van der Waals surface area (Å²) in [5, 5.41) is 5.64. The number of amides is 2. The molecule has 0 atom stereocenters. The first-order valence-corrected chi connectivity index (χ1v) is 9.26. The van der Waals surface area contributed by atoms with E-state index in [9.17, 15) is 9.59 Å². The number of aromatic nitrogens is 1. The highest BCUT2D eigenvalue weighted by Gasteiger charge is 2.12. The molecular weight excluding hydrogens is 350 g/mol. The van der Waals surface area contributed by atoms with Crippen LogP contribution in [0.5, 0.6) is 0 Å². The molecule has 142 valence electrons. The van der Waals surface area contributed by atoms with Gasteiger partial charge in [-0.1, -0.05) is 55.0 Å². The van der Waals surface area contributed by atoms with Crippen LogP contribution in [0.15, 0.2) is 66.7 Å². The van der Waals surface area contributed by atoms with Crippen LogP contribution in [0.1, 0.15) is 44.6 Å². The first-order chi connectivity index (χ1) is 13.5. The number of hydrogen-bond donors (Lipinski definition) is 2. The van der Waals surface area contributed by atoms with E-state index in [2.05, 4.69) is 22.5 Å². The summed E-state index contributed by atoms with van der Waals surface area (Å²) in [7, 11) is 0. The lowest BCUT2D eigenvalue weighted by Crippen LogP contribution is -2.25. The van der Waals surface area contributed by atoms with Crippen LogP contribution in [0.4, 0.5) is 5.69 Å². The molecule has 2 aromatic carbocycles. The number of carbonyl (C=O) groups is 2. The molecule has 5 nitrogen and oxygen atoms in total. The Bertz CT molecular complexity index is 981. The maximum atomic E-state index is 12.5. The highest BCUT2D eigenvalue weighted by Crippen LogP contribution is 2.12. The van der Waals surface area contributed by atoms with E-state index in [1.54, 1.807) is 18.2 Å². The molecule has 2 N–H and O–H groups in total. The van der Waals surface area contributed by atoms with Gasteiger partial charge in [0.25, 0.3) is 11.8 Å². The van der Waals surface area contributed by atoms with Crippen LogP contribution in [-0.2, 0) is 13.0 Å². The molecule has 1 aromatic heterocycles. The normalized spacial score (nSPS) is 10.4. The number of rotatable bonds is 6. The lowest BCUT2D eigenvalue weighted by molar-refractivity contribution is 0.0945. The second-order valence-corrected chi connectivity index (χ2v) is 6.58. The van der Waals surface area contributed by atoms with Crippen LogP contribution in [-0.4, -0.2) is 16.8 Å². The van der Waals surface area contributed by atoms with Crippen LogP contribution in [0.25, 0.3) is 0 Å². The standard InChI is InChI=1S/C23H23N3O2/c1-3-17-10-12-19(13-11-17)25-23(28)21-9-5-8-20(26-21)22(27)24-15-18-7-4-6-16(2)14-18/h4-14H,3,15H2,1-2H3,(H,24,27)(H,25,28). The predicted molar refractivity (Wildman–Crippen MR) is 110 cm³/mol. The summed E-state index contributed by atoms with van der Waals surface area (Å²) in [6.07, 6.45) is 0.940. The van der Waals surface area contributed by atoms with Crippen LogP contribution < -0.4 is 10.6 Å². The number of benzene rings is 2. The summed E-state index contributed by atoms with van der Waals surface area (Å²) >= 11 is 0. The number of nitrogens with zero attached hydrogens (tertiary/aromatic N) is 1. The van der Waals surface area contributed by atoms with E-state index in [-0.39, 0.29) is 23.2 Å². The quantitative estimate of drug-likeness (QED) is 0.682. The lowest BCUT2D eigenvalue weighted by Gasteiger charge is -2.08. The van der Waals surface area contributed by atoms with Crippen LogP contribution in [0, 0.1) is 6.92 Å². The van der Waals surface area contributed by atoms with Crippen LogP contribution in [0.2, 0.25) is 0 Å². The molecule has 2 amide bonds. The summed E-state index contributed by atoms with van der Waals surface area (Å²) in [5.74, 6) is -0.666. The van der Waals surface area contributed by atoms with Gasteiger partial charge in [0, 0.05) is 12.2 Å². The zero-order valence-corrected chi connectivity index (χ0v) is 16.0. The number of aryl methyl sites for hydroxylation is 2. The molecule has 0 saturated heterocycles. The number of nitrogens with one attached hydrogen (secondary N) is 2. The molecule has 0 bridgehead atoms. The second-order valence-electron chi connectivity index (χ2n) is 6.58. The van der Waals surface area contributed by atoms with Gasteiger partial charge in [-0.15, -0.1) is 0 Å². The largest absolute Gasteiger partial charge is 0.347 e. The number of pyridine rings is 1. The van der Waals surface area contributed by atoms with Gasteiger partial charge < -0.3 is 10.6 Å². The number of anilines is 1. The second kappa shape index (κ2) is 8.95. The zero-order chi connectivity index (χ0) is 19.9. The minimum absolute atomic E-state index is 0.197. The third-order valence-corrected chi connectivity index (χ3v) is 4.37. The molecule has 0 spiro atoms. The average molecular weight is 373 g/mol. The molecule has 1 heterocycles. The molecule has 5 heteroatoms. The molecule has 28 heavy (non-hydrogen) atoms. The highest BCUT2D eigenvalue weighted by atomic mass is 16.2. The van der Waals surface area contributed by atoms with Gasteiger partial charge in [-0.3, -0.25) is 9.59 Å². The summed E-state index contributed by atoms with van der Waals surface area (Å²) in [5.41, 5.74) is 4.44. The SMILES string of the molecule is CCc1ccc(NC(=O)c2cccc(C(=O)NCc3cccc(C)c3)n2)cc1. The number of hydrogen-bond acceptors (Lipinski definition) is 3. The van der Waals surface area contributed by atoms with Crippen molar-refractivity contribution >= 4 is 17.5 Å². The van der Waals surface area contributed by atoms with Gasteiger partial charge in [-0.25, -0.2) is 4.98 Å². The fourth-order valence-electron chi connectivity index (χ4n) is 2.80. The Morgan fingerprint density at radius 2 is 1.54 bits per heavy atom. The molecule has 0 aliphatic heterocycles. The monoisotopic (exact) mass is 373 g/mol. The Morgan fingerprint density at radius 1 is 0.857 bits per heavy atom. The van der Waals surface area contributed by atoms with Crippen molar-refractivity contribution in [3.8, 4) is 0 Å². The Hall–Kier alpha value is -3.47. The third-order valence-electron chi connectivity index (χ3n) is 4.37. The van der Waals surface area contributed by atoms with E-state index in [1.807, 2.05) is 55.5 Å². The zero-order valence-electron chi connectivity index (χ0n) is 16.0. The van der Waals surface area contributed by atoms with Crippen LogP contribution >= 0.6 is 0 Å². The molecule has 3 rings (SSSR count). The van der Waals surface area contributed by atoms with E-state index in [4.69, 9.17) is 0 Å². The van der Waals surface area contributed by atoms with Gasteiger partial charge >= 0.3 is 0 Å². The summed E-state index contributed by atoms with van der Waals surface area (Å²) in [4.78, 5) is 29.1. The Balaban J connectivity index is 1.65. The minimum atomic E-state index is -0.349. The molecular formula is C23H23N3O2. The third kappa shape index (κ3) is 5.04. The van der Waals surface area contributed by atoms with Crippen molar-refractivity contribution in [2.75, 3.05) is 5.32 Å². The smallest absolute Gasteiger partial charge is 0.274 e. The van der Waals surface area contributed by atoms with E-state index in [0.29, 0.717) is 12.2 Å². The Labute approximate surface area is 164 Å². The Morgan fingerprint density at radius 3 is 2.21 bits per heavy atom. The average Bonchev–Trinajstić information content (AvgIpc) is 2.72. The van der Waals surface area contributed by atoms with Crippen molar-refractivity contribution in [2.45, 2.75) is 26.8 Å². The summed E-state index contributed by atoms with van der Waals surface area (Å²) in [6.45, 7) is 4.49. The van der Waals surface area contributed by atoms with E-state index >= 15 is 0 Å². The van der Waals surface area contributed by atoms with Crippen molar-refractivity contribution in [3.63, 3.8) is 0 Å². The van der Waals surface area contributed by atoms with Gasteiger partial charge in [0.15, 0.2) is 0 Å². The lowest BCUT2D eigenvalue weighted by atomic mass is 10.1. The minimum Gasteiger partial charge on any atom is -0.347 e. The van der Waals surface area contributed by atoms with Gasteiger partial charge in [-0.05, 0) is 48.7 Å². The topological polar surface area (TPSA) is 71.1 Å². The molecule has 0 aliphatic rings. The van der Waals surface area contributed by atoms with Crippen molar-refractivity contribution in [3.05, 3.63) is 94.8 Å². The van der Waals surface area contributed by atoms with Gasteiger partial charge in [0.1, 0.15) is 11.4 Å². The molecule has 0 unspecified atom stereocenters. The molecule has 3 aromatic rings. The van der Waals surface area contributed by atoms with E-state index in [0.717, 1.165) is 17.5 Å². The molecule has 0 saturated carbocycles. The Kier molecular flexibility index (Phi) is 6.17. The number of carbonyl (C=O) groups excluding carboxylic acids is 2. The first-order valence-electron chi connectivity index (χ1n) is 9.26. The van der Waals surface area contributed by atoms with Crippen LogP contribution in [0.3, 0.4) is 0 Å². The van der Waals surface area contributed by atoms with Crippen molar-refractivity contribution < 1.29 is 9.59 Å². The molecule has 0 fully saturated rings. The van der Waals surface area contributed by atoms with Crippen molar-refractivity contribution in [1.29, 1.82) is 0 Å². The molecule has 0 radical (unpaired) electrons. The van der Waals surface area contributed by atoms with E-state index < -0.39 is 0 Å². The van der Waals surface area contributed by atoms with E-state index in [1.165, 1.54) is 5.56 Å². The fourth-order valence-corrected chi connectivity index (χ4v) is 2.80. The fraction of sp³-hybridized carbons (Fsp3) is 0.174. The molecule has 0 aliphatic carbocycles. The van der Waals surface area contributed by atoms with Gasteiger partial charge in [-0.2, -0.15) is 0 Å². The maximum absolute atomic E-state index is 12.5. The predicted octanol–water partition coefficient (Wildman–Crippen LogP) is 4.13. The summed E-state index contributed by atoms with van der Waals surface area (Å²) < 4.78 is 0.